The third-order valence-electron chi connectivity index (χ3n) is 5.40. The van der Waals surface area contributed by atoms with E-state index < -0.39 is 43.4 Å². The van der Waals surface area contributed by atoms with Gasteiger partial charge in [0, 0.05) is 12.1 Å². The lowest BCUT2D eigenvalue weighted by Crippen LogP contribution is -2.16. The highest BCUT2D eigenvalue weighted by atomic mass is 27.3. The zero-order chi connectivity index (χ0) is 25.2. The first-order valence-electron chi connectivity index (χ1n) is 11.1. The summed E-state index contributed by atoms with van der Waals surface area (Å²) in [6.07, 6.45) is 0. The summed E-state index contributed by atoms with van der Waals surface area (Å²) in [4.78, 5) is 8.86. The fraction of sp³-hybridized carbons (Fsp3) is 0. The molecular weight excluding hydrogens is 512 g/mol. The lowest BCUT2D eigenvalue weighted by molar-refractivity contribution is 0.417. The first-order chi connectivity index (χ1) is 18.1. The highest BCUT2D eigenvalue weighted by Crippen LogP contribution is 2.33. The van der Waals surface area contributed by atoms with Crippen LogP contribution in [0.3, 0.4) is 0 Å². The van der Waals surface area contributed by atoms with Crippen molar-refractivity contribution in [2.45, 2.75) is 0 Å². The van der Waals surface area contributed by atoms with E-state index in [-0.39, 0.29) is 0 Å². The van der Waals surface area contributed by atoms with Crippen LogP contribution in [0.5, 0.6) is 11.5 Å². The van der Waals surface area contributed by atoms with Gasteiger partial charge >= 0.3 is 31.8 Å². The molecule has 7 nitrogen and oxygen atoms in total. The van der Waals surface area contributed by atoms with Crippen LogP contribution in [0.4, 0.5) is 8.78 Å². The molecule has 6 rings (SSSR count). The summed E-state index contributed by atoms with van der Waals surface area (Å²) in [6, 6.07) is 22.9. The van der Waals surface area contributed by atoms with Gasteiger partial charge in [0.25, 0.3) is 0 Å². The van der Waals surface area contributed by atoms with Crippen molar-refractivity contribution in [2.24, 2.45) is 0 Å². The van der Waals surface area contributed by atoms with E-state index in [1.54, 1.807) is 24.3 Å². The van der Waals surface area contributed by atoms with Crippen LogP contribution in [0.25, 0.3) is 45.1 Å². The Morgan fingerprint density at radius 3 is 1.54 bits per heavy atom. The van der Waals surface area contributed by atoms with Gasteiger partial charge in [-0.05, 0) is 48.5 Å². The molecule has 11 heteroatoms. The third-order valence-corrected chi connectivity index (χ3v) is 6.99. The average Bonchev–Trinajstić information content (AvgIpc) is 3.52. The molecule has 0 aliphatic rings. The summed E-state index contributed by atoms with van der Waals surface area (Å²) < 4.78 is 55.9. The molecule has 4 aromatic carbocycles. The van der Waals surface area contributed by atoms with E-state index in [1.807, 2.05) is 36.4 Å². The summed E-state index contributed by atoms with van der Waals surface area (Å²) in [6.45, 7) is 0. The monoisotopic (exact) mass is 526 g/mol. The second-order valence-corrected chi connectivity index (χ2v) is 9.76. The highest BCUT2D eigenvalue weighted by Gasteiger charge is 2.17. The molecule has 0 aliphatic heterocycles. The molecule has 0 N–H and O–H groups in total. The van der Waals surface area contributed by atoms with Crippen molar-refractivity contribution in [1.82, 2.24) is 9.97 Å². The Morgan fingerprint density at radius 2 is 1.05 bits per heavy atom. The van der Waals surface area contributed by atoms with Gasteiger partial charge in [-0.1, -0.05) is 24.3 Å². The molecule has 178 valence electrons. The van der Waals surface area contributed by atoms with Crippen molar-refractivity contribution in [3.8, 4) is 34.4 Å². The van der Waals surface area contributed by atoms with E-state index >= 15 is 0 Å². The topological polar surface area (TPSA) is 79.8 Å². The van der Waals surface area contributed by atoms with E-state index in [0.29, 0.717) is 56.6 Å². The van der Waals surface area contributed by atoms with Gasteiger partial charge in [0.05, 0.1) is 22.6 Å². The van der Waals surface area contributed by atoms with Crippen molar-refractivity contribution >= 4 is 54.0 Å². The van der Waals surface area contributed by atoms with Crippen LogP contribution in [0, 0.1) is 11.6 Å². The Bertz CT molecular complexity index is 1600. The second-order valence-electron chi connectivity index (χ2n) is 7.82. The largest absolute Gasteiger partial charge is 0.743 e. The molecule has 2 aromatic heterocycles. The van der Waals surface area contributed by atoms with Gasteiger partial charge in [-0.25, -0.2) is 18.7 Å². The molecule has 6 aromatic rings. The summed E-state index contributed by atoms with van der Waals surface area (Å²) >= 11 is -1.82. The molecule has 0 atom stereocenters. The van der Waals surface area contributed by atoms with Crippen LogP contribution in [0.2, 0.25) is 0 Å². The summed E-state index contributed by atoms with van der Waals surface area (Å²) in [7, 11) is 0. The molecule has 2 radical (unpaired) electrons. The molecule has 0 fully saturated rings. The lowest BCUT2D eigenvalue weighted by Gasteiger charge is -2.12. The molecule has 0 amide bonds. The fourth-order valence-corrected chi connectivity index (χ4v) is 4.95. The van der Waals surface area contributed by atoms with Gasteiger partial charge in [0.1, 0.15) is 22.7 Å². The zero-order valence-electron chi connectivity index (χ0n) is 18.9. The average molecular weight is 526 g/mol. The third kappa shape index (κ3) is 5.10. The van der Waals surface area contributed by atoms with Gasteiger partial charge in [-0.15, -0.1) is 0 Å². The second kappa shape index (κ2) is 10.4. The molecule has 0 aliphatic carbocycles. The van der Waals surface area contributed by atoms with Gasteiger partial charge in [0.15, 0.2) is 11.2 Å². The van der Waals surface area contributed by atoms with E-state index in [1.165, 1.54) is 24.3 Å². The number of para-hydroxylation sites is 2. The maximum Gasteiger partial charge on any atom is 0.743 e. The predicted octanol–water partition coefficient (Wildman–Crippen LogP) is 6.12. The fourth-order valence-electron chi connectivity index (χ4n) is 3.70. The smallest absolute Gasteiger partial charge is 0.627 e. The zero-order valence-corrected chi connectivity index (χ0v) is 21.2. The van der Waals surface area contributed by atoms with E-state index in [2.05, 4.69) is 9.97 Å². The maximum atomic E-state index is 13.5. The molecule has 0 unspecified atom stereocenters. The molecule has 0 saturated heterocycles. The molecule has 0 saturated carbocycles. The van der Waals surface area contributed by atoms with Crippen LogP contribution >= 0.6 is 0 Å². The molecule has 0 spiro atoms. The Balaban J connectivity index is 1.11. The lowest BCUT2D eigenvalue weighted by atomic mass is 10.2. The number of hydrogen-bond donors (Lipinski definition) is 0. The minimum absolute atomic E-state index is 0.325. The number of rotatable bonds is 8. The first-order valence-corrected chi connectivity index (χ1v) is 13.0. The van der Waals surface area contributed by atoms with Gasteiger partial charge in [-0.2, -0.15) is 0 Å². The quantitative estimate of drug-likeness (QED) is 0.175. The SMILES string of the molecule is Fc1ccc2nc(-c3ccccc3[O][Al][O][Al][O]c3ccccc3-c3nc4ccc(F)cc4o3)oc2c1. The minimum Gasteiger partial charge on any atom is -0.627 e. The number of fused-ring (bicyclic) bond motifs is 2. The summed E-state index contributed by atoms with van der Waals surface area (Å²) in [5, 5.41) is 0. The Kier molecular flexibility index (Phi) is 6.63. The number of benzene rings is 4. The van der Waals surface area contributed by atoms with Crippen molar-refractivity contribution in [3.05, 3.63) is 96.6 Å². The van der Waals surface area contributed by atoms with Crippen molar-refractivity contribution < 1.29 is 28.0 Å². The Morgan fingerprint density at radius 1 is 0.595 bits per heavy atom. The number of aromatic nitrogens is 2. The highest BCUT2D eigenvalue weighted by molar-refractivity contribution is 6.35. The van der Waals surface area contributed by atoms with Gasteiger partial charge in [0.2, 0.25) is 11.8 Å². The Hall–Kier alpha value is -3.70. The molecule has 0 bridgehead atoms. The number of oxazole rings is 2. The van der Waals surface area contributed by atoms with Crippen LogP contribution in [0.1, 0.15) is 0 Å². The van der Waals surface area contributed by atoms with Crippen molar-refractivity contribution in [3.63, 3.8) is 0 Å². The van der Waals surface area contributed by atoms with Crippen molar-refractivity contribution in [1.29, 1.82) is 0 Å². The number of nitrogens with zero attached hydrogens (tertiary/aromatic N) is 2. The van der Waals surface area contributed by atoms with Crippen molar-refractivity contribution in [2.75, 3.05) is 0 Å². The maximum absolute atomic E-state index is 13.5. The predicted molar refractivity (Wildman–Crippen MR) is 133 cm³/mol. The van der Waals surface area contributed by atoms with E-state index in [4.69, 9.17) is 19.3 Å². The Labute approximate surface area is 222 Å². The van der Waals surface area contributed by atoms with E-state index in [9.17, 15) is 8.78 Å². The first kappa shape index (κ1) is 23.7. The minimum atomic E-state index is -0.908. The van der Waals surface area contributed by atoms with Crippen LogP contribution in [-0.2, 0) is 2.84 Å². The van der Waals surface area contributed by atoms with Crippen LogP contribution < -0.4 is 7.58 Å². The summed E-state index contributed by atoms with van der Waals surface area (Å²) in [5.74, 6) is 0.919. The van der Waals surface area contributed by atoms with Gasteiger partial charge < -0.3 is 19.3 Å². The summed E-state index contributed by atoms with van der Waals surface area (Å²) in [5.41, 5.74) is 3.07. The normalized spacial score (nSPS) is 11.1. The standard InChI is InChI=1S/2C13H8FNO2.2Al.O/c2*14-8-5-6-10-12(7-8)17-13(15-10)9-3-1-2-4-11(9)16;;;/h2*1-7,16H;;;/q;;2*+1;/p-2. The van der Waals surface area contributed by atoms with E-state index in [0.717, 1.165) is 0 Å². The number of hydrogen-bond acceptors (Lipinski definition) is 7. The molecule has 2 heterocycles. The van der Waals surface area contributed by atoms with Gasteiger partial charge in [-0.3, -0.25) is 0 Å². The van der Waals surface area contributed by atoms with Crippen LogP contribution in [-0.4, -0.2) is 41.7 Å². The number of halogens is 2. The molecular formula is C26H14Al2F2N2O5. The van der Waals surface area contributed by atoms with Crippen LogP contribution in [0.15, 0.2) is 93.8 Å². The molecule has 37 heavy (non-hydrogen) atoms.